The van der Waals surface area contributed by atoms with E-state index in [-0.39, 0.29) is 11.9 Å². The van der Waals surface area contributed by atoms with Gasteiger partial charge in [0.05, 0.1) is 6.04 Å². The number of aromatic nitrogens is 3. The summed E-state index contributed by atoms with van der Waals surface area (Å²) in [5, 5.41) is 7.60. The molecule has 0 radical (unpaired) electrons. The van der Waals surface area contributed by atoms with E-state index >= 15 is 0 Å². The van der Waals surface area contributed by atoms with Gasteiger partial charge in [0.25, 0.3) is 5.91 Å². The Labute approximate surface area is 153 Å². The molecule has 0 fully saturated rings. The molecule has 3 aromatic rings. The van der Waals surface area contributed by atoms with Gasteiger partial charge in [-0.3, -0.25) is 9.36 Å². The molecular weight excluding hydrogens is 326 g/mol. The highest BCUT2D eigenvalue weighted by Crippen LogP contribution is 2.22. The van der Waals surface area contributed by atoms with E-state index in [1.807, 2.05) is 68.5 Å². The van der Waals surface area contributed by atoms with Crippen molar-refractivity contribution in [3.8, 4) is 5.69 Å². The molecule has 1 aromatic heterocycles. The number of carbonyl (C=O) groups is 1. The molecule has 0 aliphatic rings. The normalized spacial score (nSPS) is 12.2. The molecule has 26 heavy (non-hydrogen) atoms. The van der Waals surface area contributed by atoms with Gasteiger partial charge in [-0.05, 0) is 43.9 Å². The first kappa shape index (κ1) is 17.8. The van der Waals surface area contributed by atoms with Gasteiger partial charge in [0.15, 0.2) is 0 Å². The fraction of sp³-hybridized carbons (Fsp3) is 0.250. The third-order valence-electron chi connectivity index (χ3n) is 4.34. The third-order valence-corrected chi connectivity index (χ3v) is 4.34. The number of rotatable bonds is 6. The Morgan fingerprint density at radius 3 is 2.15 bits per heavy atom. The predicted octanol–water partition coefficient (Wildman–Crippen LogP) is 2.64. The standard InChI is InChI=1S/C20H23N5O/c1-23(2)13-19(16-7-5-4-6-8-16)24(3)20(26)17-9-11-18(12-10-17)25-14-21-22-15-25/h4-12,14-15,19H,13H2,1-3H3. The van der Waals surface area contributed by atoms with Crippen molar-refractivity contribution >= 4 is 5.91 Å². The molecule has 3 rings (SSSR count). The summed E-state index contributed by atoms with van der Waals surface area (Å²) in [6.45, 7) is 0.755. The Bertz CT molecular complexity index is 828. The van der Waals surface area contributed by atoms with Crippen LogP contribution >= 0.6 is 0 Å². The maximum atomic E-state index is 13.0. The molecule has 0 spiro atoms. The quantitative estimate of drug-likeness (QED) is 0.686. The van der Waals surface area contributed by atoms with Gasteiger partial charge in [-0.1, -0.05) is 30.3 Å². The number of amides is 1. The van der Waals surface area contributed by atoms with Crippen molar-refractivity contribution in [3.05, 3.63) is 78.4 Å². The Hall–Kier alpha value is -2.99. The number of carbonyl (C=O) groups excluding carboxylic acids is 1. The van der Waals surface area contributed by atoms with Crippen molar-refractivity contribution in [2.45, 2.75) is 6.04 Å². The lowest BCUT2D eigenvalue weighted by atomic mass is 10.0. The molecule has 2 aromatic carbocycles. The molecule has 1 heterocycles. The topological polar surface area (TPSA) is 54.3 Å². The first-order valence-electron chi connectivity index (χ1n) is 8.48. The predicted molar refractivity (Wildman–Crippen MR) is 101 cm³/mol. The largest absolute Gasteiger partial charge is 0.333 e. The second-order valence-electron chi connectivity index (χ2n) is 6.52. The molecule has 0 bridgehead atoms. The molecule has 1 amide bonds. The molecule has 6 heteroatoms. The lowest BCUT2D eigenvalue weighted by Crippen LogP contribution is -2.37. The smallest absolute Gasteiger partial charge is 0.254 e. The van der Waals surface area contributed by atoms with Crippen molar-refractivity contribution < 1.29 is 4.79 Å². The Morgan fingerprint density at radius 1 is 0.962 bits per heavy atom. The van der Waals surface area contributed by atoms with Crippen molar-refractivity contribution in [2.24, 2.45) is 0 Å². The highest BCUT2D eigenvalue weighted by molar-refractivity contribution is 5.94. The van der Waals surface area contributed by atoms with E-state index < -0.39 is 0 Å². The SMILES string of the molecule is CN(C)CC(c1ccccc1)N(C)C(=O)c1ccc(-n2cnnc2)cc1. The maximum absolute atomic E-state index is 13.0. The lowest BCUT2D eigenvalue weighted by Gasteiger charge is -2.31. The molecule has 0 aliphatic carbocycles. The summed E-state index contributed by atoms with van der Waals surface area (Å²) in [5.41, 5.74) is 2.70. The van der Waals surface area contributed by atoms with E-state index in [1.54, 1.807) is 17.2 Å². The Kier molecular flexibility index (Phi) is 5.43. The second kappa shape index (κ2) is 7.93. The van der Waals surface area contributed by atoms with E-state index in [2.05, 4.69) is 27.2 Å². The van der Waals surface area contributed by atoms with Gasteiger partial charge in [-0.2, -0.15) is 0 Å². The van der Waals surface area contributed by atoms with E-state index in [9.17, 15) is 4.79 Å². The molecule has 1 atom stereocenters. The van der Waals surface area contributed by atoms with Crippen LogP contribution in [0.2, 0.25) is 0 Å². The zero-order valence-electron chi connectivity index (χ0n) is 15.3. The van der Waals surface area contributed by atoms with Gasteiger partial charge in [-0.15, -0.1) is 10.2 Å². The molecular formula is C20H23N5O. The summed E-state index contributed by atoms with van der Waals surface area (Å²) in [4.78, 5) is 16.9. The van der Waals surface area contributed by atoms with Gasteiger partial charge < -0.3 is 9.80 Å². The van der Waals surface area contributed by atoms with Crippen LogP contribution in [0.4, 0.5) is 0 Å². The van der Waals surface area contributed by atoms with E-state index in [1.165, 1.54) is 0 Å². The van der Waals surface area contributed by atoms with Crippen LogP contribution in [0.15, 0.2) is 67.3 Å². The summed E-state index contributed by atoms with van der Waals surface area (Å²) < 4.78 is 1.80. The van der Waals surface area contributed by atoms with Crippen molar-refractivity contribution in [2.75, 3.05) is 27.7 Å². The summed E-state index contributed by atoms with van der Waals surface area (Å²) in [6, 6.07) is 17.6. The zero-order chi connectivity index (χ0) is 18.5. The fourth-order valence-corrected chi connectivity index (χ4v) is 2.93. The van der Waals surface area contributed by atoms with E-state index in [4.69, 9.17) is 0 Å². The van der Waals surface area contributed by atoms with Gasteiger partial charge in [0.2, 0.25) is 0 Å². The summed E-state index contributed by atoms with van der Waals surface area (Å²) in [6.07, 6.45) is 3.26. The zero-order valence-corrected chi connectivity index (χ0v) is 15.3. The molecule has 6 nitrogen and oxygen atoms in total. The summed E-state index contributed by atoms with van der Waals surface area (Å²) in [7, 11) is 5.89. The van der Waals surface area contributed by atoms with Crippen LogP contribution in [-0.4, -0.2) is 58.2 Å². The Balaban J connectivity index is 1.82. The number of hydrogen-bond donors (Lipinski definition) is 0. The van der Waals surface area contributed by atoms with E-state index in [0.717, 1.165) is 17.8 Å². The molecule has 0 aliphatic heterocycles. The van der Waals surface area contributed by atoms with Gasteiger partial charge in [-0.25, -0.2) is 0 Å². The molecule has 0 N–H and O–H groups in total. The minimum Gasteiger partial charge on any atom is -0.333 e. The van der Waals surface area contributed by atoms with Crippen molar-refractivity contribution in [1.82, 2.24) is 24.6 Å². The first-order valence-corrected chi connectivity index (χ1v) is 8.48. The molecule has 134 valence electrons. The monoisotopic (exact) mass is 349 g/mol. The van der Waals surface area contributed by atoms with Crippen molar-refractivity contribution in [3.63, 3.8) is 0 Å². The number of hydrogen-bond acceptors (Lipinski definition) is 4. The molecule has 0 saturated carbocycles. The minimum atomic E-state index is -0.0174. The molecule has 1 unspecified atom stereocenters. The van der Waals surface area contributed by atoms with Gasteiger partial charge in [0, 0.05) is 24.8 Å². The van der Waals surface area contributed by atoms with Crippen LogP contribution in [0.5, 0.6) is 0 Å². The maximum Gasteiger partial charge on any atom is 0.254 e. The average molecular weight is 349 g/mol. The van der Waals surface area contributed by atoms with Crippen LogP contribution in [0.25, 0.3) is 5.69 Å². The average Bonchev–Trinajstić information content (AvgIpc) is 3.20. The van der Waals surface area contributed by atoms with Crippen LogP contribution in [0.1, 0.15) is 22.0 Å². The summed E-state index contributed by atoms with van der Waals surface area (Å²) in [5.74, 6) is -0.00370. The third kappa shape index (κ3) is 3.97. The first-order chi connectivity index (χ1) is 12.6. The summed E-state index contributed by atoms with van der Waals surface area (Å²) >= 11 is 0. The van der Waals surface area contributed by atoms with Crippen LogP contribution < -0.4 is 0 Å². The second-order valence-corrected chi connectivity index (χ2v) is 6.52. The van der Waals surface area contributed by atoms with Gasteiger partial charge >= 0.3 is 0 Å². The number of nitrogens with zero attached hydrogens (tertiary/aromatic N) is 5. The van der Waals surface area contributed by atoms with Crippen molar-refractivity contribution in [1.29, 1.82) is 0 Å². The van der Waals surface area contributed by atoms with Gasteiger partial charge in [0.1, 0.15) is 12.7 Å². The minimum absolute atomic E-state index is 0.00370. The molecule has 0 saturated heterocycles. The number of benzene rings is 2. The van der Waals surface area contributed by atoms with E-state index in [0.29, 0.717) is 5.56 Å². The lowest BCUT2D eigenvalue weighted by molar-refractivity contribution is 0.0705. The van der Waals surface area contributed by atoms with Crippen LogP contribution in [0.3, 0.4) is 0 Å². The van der Waals surface area contributed by atoms with Crippen LogP contribution in [-0.2, 0) is 0 Å². The number of likely N-dealkylation sites (N-methyl/N-ethyl adjacent to an activating group) is 2. The highest BCUT2D eigenvalue weighted by Gasteiger charge is 2.23. The van der Waals surface area contributed by atoms with Crippen LogP contribution in [0, 0.1) is 0 Å². The Morgan fingerprint density at radius 2 is 1.58 bits per heavy atom. The fourth-order valence-electron chi connectivity index (χ4n) is 2.93. The highest BCUT2D eigenvalue weighted by atomic mass is 16.2.